The number of hydrogen-bond donors (Lipinski definition) is 0. The molecule has 0 radical (unpaired) electrons. The smallest absolute Gasteiger partial charge is 0.0888 e. The maximum Gasteiger partial charge on any atom is 0.0888 e. The van der Waals surface area contributed by atoms with Crippen molar-refractivity contribution in [3.63, 3.8) is 0 Å². The normalized spacial score (nSPS) is 15.1. The van der Waals surface area contributed by atoms with E-state index in [4.69, 9.17) is 19.6 Å². The van der Waals surface area contributed by atoms with Crippen molar-refractivity contribution in [3.05, 3.63) is 35.4 Å². The van der Waals surface area contributed by atoms with Gasteiger partial charge in [-0.25, -0.2) is 19.6 Å². The zero-order valence-electron chi connectivity index (χ0n) is 17.9. The van der Waals surface area contributed by atoms with Crippen molar-refractivity contribution in [1.82, 2.24) is 0 Å². The molecule has 0 aliphatic rings. The Morgan fingerprint density at radius 2 is 0.923 bits per heavy atom. The Morgan fingerprint density at radius 1 is 0.615 bits per heavy atom. The summed E-state index contributed by atoms with van der Waals surface area (Å²) in [5, 5.41) is 0. The lowest BCUT2D eigenvalue weighted by Gasteiger charge is -2.19. The highest BCUT2D eigenvalue weighted by molar-refractivity contribution is 5.27. The van der Waals surface area contributed by atoms with E-state index in [0.717, 1.165) is 0 Å². The predicted molar refractivity (Wildman–Crippen MR) is 106 cm³/mol. The van der Waals surface area contributed by atoms with E-state index < -0.39 is 0 Å². The van der Waals surface area contributed by atoms with Crippen molar-refractivity contribution in [1.29, 1.82) is 0 Å². The lowest BCUT2D eigenvalue weighted by atomic mass is 9.96. The Labute approximate surface area is 160 Å². The van der Waals surface area contributed by atoms with Gasteiger partial charge >= 0.3 is 0 Å². The molecule has 150 valence electrons. The van der Waals surface area contributed by atoms with E-state index in [0.29, 0.717) is 26.4 Å². The maximum absolute atomic E-state index is 5.36. The number of hydrogen-bond acceptors (Lipinski definition) is 4. The van der Waals surface area contributed by atoms with Crippen LogP contribution in [0.25, 0.3) is 0 Å². The third-order valence-electron chi connectivity index (χ3n) is 3.86. The van der Waals surface area contributed by atoms with E-state index in [1.54, 1.807) is 0 Å². The molecule has 0 aliphatic carbocycles. The Hall–Kier alpha value is -0.940. The SMILES string of the molecule is CC(COOCC(C)(C)C)c1ccc(C(C)COOCC(C)(C)C)cc1. The van der Waals surface area contributed by atoms with Gasteiger partial charge in [0.25, 0.3) is 0 Å². The van der Waals surface area contributed by atoms with E-state index in [1.165, 1.54) is 11.1 Å². The van der Waals surface area contributed by atoms with Crippen molar-refractivity contribution in [3.8, 4) is 0 Å². The van der Waals surface area contributed by atoms with Gasteiger partial charge in [-0.05, 0) is 22.0 Å². The number of benzene rings is 1. The minimum absolute atomic E-state index is 0.111. The Balaban J connectivity index is 2.37. The topological polar surface area (TPSA) is 36.9 Å². The molecule has 1 aromatic carbocycles. The van der Waals surface area contributed by atoms with Gasteiger partial charge in [0.1, 0.15) is 0 Å². The first kappa shape index (κ1) is 23.1. The van der Waals surface area contributed by atoms with Crippen molar-refractivity contribution in [2.24, 2.45) is 10.8 Å². The summed E-state index contributed by atoms with van der Waals surface area (Å²) in [6.07, 6.45) is 0. The predicted octanol–water partition coefficient (Wildman–Crippen LogP) is 5.88. The van der Waals surface area contributed by atoms with Crippen LogP contribution in [-0.4, -0.2) is 26.4 Å². The molecule has 1 aromatic rings. The average Bonchev–Trinajstić information content (AvgIpc) is 2.53. The van der Waals surface area contributed by atoms with Crippen molar-refractivity contribution >= 4 is 0 Å². The van der Waals surface area contributed by atoms with E-state index in [-0.39, 0.29) is 22.7 Å². The summed E-state index contributed by atoms with van der Waals surface area (Å²) in [5.41, 5.74) is 2.70. The third kappa shape index (κ3) is 10.3. The maximum atomic E-state index is 5.36. The lowest BCUT2D eigenvalue weighted by molar-refractivity contribution is -0.308. The van der Waals surface area contributed by atoms with E-state index in [2.05, 4.69) is 79.7 Å². The molecule has 0 spiro atoms. The average molecular weight is 367 g/mol. The van der Waals surface area contributed by atoms with Gasteiger partial charge in [-0.3, -0.25) is 0 Å². The highest BCUT2D eigenvalue weighted by atomic mass is 17.2. The van der Waals surface area contributed by atoms with Gasteiger partial charge in [-0.2, -0.15) is 0 Å². The molecule has 0 heterocycles. The molecule has 0 saturated heterocycles. The summed E-state index contributed by atoms with van der Waals surface area (Å²) in [5.74, 6) is 0.566. The molecular formula is C22H38O4. The summed E-state index contributed by atoms with van der Waals surface area (Å²) in [4.78, 5) is 21.3. The molecular weight excluding hydrogens is 328 g/mol. The molecule has 26 heavy (non-hydrogen) atoms. The molecule has 0 aliphatic heterocycles. The van der Waals surface area contributed by atoms with Crippen LogP contribution in [0.3, 0.4) is 0 Å². The fourth-order valence-electron chi connectivity index (χ4n) is 2.08. The molecule has 0 bridgehead atoms. The molecule has 0 saturated carbocycles. The zero-order chi connectivity index (χ0) is 19.8. The van der Waals surface area contributed by atoms with Gasteiger partial charge in [0.2, 0.25) is 0 Å². The minimum atomic E-state index is 0.111. The highest BCUT2D eigenvalue weighted by Gasteiger charge is 2.14. The first-order chi connectivity index (χ1) is 12.0. The molecule has 1 rings (SSSR count). The van der Waals surface area contributed by atoms with Gasteiger partial charge < -0.3 is 0 Å². The van der Waals surface area contributed by atoms with Gasteiger partial charge in [0, 0.05) is 11.8 Å². The number of rotatable bonds is 10. The molecule has 0 amide bonds. The van der Waals surface area contributed by atoms with Crippen molar-refractivity contribution in [2.45, 2.75) is 67.2 Å². The molecule has 0 fully saturated rings. The fourth-order valence-corrected chi connectivity index (χ4v) is 2.08. The van der Waals surface area contributed by atoms with E-state index in [9.17, 15) is 0 Å². The van der Waals surface area contributed by atoms with Crippen LogP contribution in [0.4, 0.5) is 0 Å². The summed E-state index contributed by atoms with van der Waals surface area (Å²) in [6, 6.07) is 8.61. The van der Waals surface area contributed by atoms with E-state index >= 15 is 0 Å². The quantitative estimate of drug-likeness (QED) is 0.294. The van der Waals surface area contributed by atoms with Crippen LogP contribution in [0.15, 0.2) is 24.3 Å². The van der Waals surface area contributed by atoms with Crippen LogP contribution in [0, 0.1) is 10.8 Å². The van der Waals surface area contributed by atoms with Crippen LogP contribution < -0.4 is 0 Å². The highest BCUT2D eigenvalue weighted by Crippen LogP contribution is 2.22. The second-order valence-corrected chi connectivity index (χ2v) is 9.68. The molecule has 2 unspecified atom stereocenters. The fraction of sp³-hybridized carbons (Fsp3) is 0.727. The Kier molecular flexibility index (Phi) is 9.25. The van der Waals surface area contributed by atoms with Crippen molar-refractivity contribution < 1.29 is 19.6 Å². The van der Waals surface area contributed by atoms with Crippen LogP contribution in [0.2, 0.25) is 0 Å². The Bertz CT molecular complexity index is 449. The second kappa shape index (κ2) is 10.4. The van der Waals surface area contributed by atoms with Crippen LogP contribution in [0.1, 0.15) is 78.4 Å². The summed E-state index contributed by atoms with van der Waals surface area (Å²) in [6.45, 7) is 19.3. The lowest BCUT2D eigenvalue weighted by Crippen LogP contribution is -2.16. The summed E-state index contributed by atoms with van der Waals surface area (Å²) < 4.78 is 0. The minimum Gasteiger partial charge on any atom is -0.236 e. The van der Waals surface area contributed by atoms with Crippen LogP contribution in [-0.2, 0) is 19.6 Å². The third-order valence-corrected chi connectivity index (χ3v) is 3.86. The van der Waals surface area contributed by atoms with Gasteiger partial charge in [-0.15, -0.1) is 0 Å². The standard InChI is InChI=1S/C22H38O4/c1-17(13-23-25-15-21(3,4)5)19-9-11-20(12-10-19)18(2)14-24-26-16-22(6,7)8/h9-12,17-18H,13-16H2,1-8H3. The van der Waals surface area contributed by atoms with Gasteiger partial charge in [0.05, 0.1) is 26.4 Å². The first-order valence-electron chi connectivity index (χ1n) is 9.57. The Morgan fingerprint density at radius 3 is 1.19 bits per heavy atom. The summed E-state index contributed by atoms with van der Waals surface area (Å²) >= 11 is 0. The molecule has 4 nitrogen and oxygen atoms in total. The summed E-state index contributed by atoms with van der Waals surface area (Å²) in [7, 11) is 0. The molecule has 0 aromatic heterocycles. The van der Waals surface area contributed by atoms with Crippen LogP contribution in [0.5, 0.6) is 0 Å². The molecule has 2 atom stereocenters. The van der Waals surface area contributed by atoms with E-state index in [1.807, 2.05) is 0 Å². The second-order valence-electron chi connectivity index (χ2n) is 9.68. The van der Waals surface area contributed by atoms with Gasteiger partial charge in [0.15, 0.2) is 0 Å². The first-order valence-corrected chi connectivity index (χ1v) is 9.57. The van der Waals surface area contributed by atoms with Crippen molar-refractivity contribution in [2.75, 3.05) is 26.4 Å². The van der Waals surface area contributed by atoms with Crippen LogP contribution >= 0.6 is 0 Å². The monoisotopic (exact) mass is 366 g/mol. The largest absolute Gasteiger partial charge is 0.236 e. The zero-order valence-corrected chi connectivity index (χ0v) is 17.9. The molecule has 4 heteroatoms. The molecule has 0 N–H and O–H groups in total. The van der Waals surface area contributed by atoms with Gasteiger partial charge in [-0.1, -0.05) is 79.7 Å².